The molecule has 180 valence electrons. The first-order valence-corrected chi connectivity index (χ1v) is 12.2. The van der Waals surface area contributed by atoms with Crippen LogP contribution in [-0.4, -0.2) is 28.0 Å². The van der Waals surface area contributed by atoms with E-state index in [1.807, 2.05) is 6.92 Å². The number of carboxylic acids is 1. The maximum atomic E-state index is 12.8. The van der Waals surface area contributed by atoms with Crippen molar-refractivity contribution >= 4 is 28.2 Å². The molecule has 0 bridgehead atoms. The van der Waals surface area contributed by atoms with E-state index in [2.05, 4.69) is 48.9 Å². The molecule has 0 aliphatic rings. The quantitative estimate of drug-likeness (QED) is 0.165. The summed E-state index contributed by atoms with van der Waals surface area (Å²) in [6.45, 7) is 6.77. The van der Waals surface area contributed by atoms with Crippen molar-refractivity contribution in [3.05, 3.63) is 71.9 Å². The normalized spacial score (nSPS) is 11.8. The van der Waals surface area contributed by atoms with Crippen LogP contribution < -0.4 is 4.74 Å². The van der Waals surface area contributed by atoms with Gasteiger partial charge in [0.2, 0.25) is 0 Å². The Bertz CT molecular complexity index is 1130. The Balaban J connectivity index is 1.69. The number of hydrogen-bond acceptors (Lipinski definition) is 3. The van der Waals surface area contributed by atoms with Crippen LogP contribution >= 0.6 is 0 Å². The summed E-state index contributed by atoms with van der Waals surface area (Å²) in [5, 5.41) is 9.87. The molecule has 0 unspecified atom stereocenters. The number of carboxylic acid groups (broad SMARTS) is 1. The molecule has 0 radical (unpaired) electrons. The van der Waals surface area contributed by atoms with E-state index in [9.17, 15) is 9.59 Å². The smallest absolute Gasteiger partial charge is 0.303 e. The van der Waals surface area contributed by atoms with E-state index in [1.165, 1.54) is 36.6 Å². The molecule has 5 nitrogen and oxygen atoms in total. The SMILES string of the molecule is CCCC(CCC)n1ccc2cc(/C(C)=C/C(=O)c3ccc(OCCCC(=O)O)cc3)ccc21. The fraction of sp³-hybridized carbons (Fsp3) is 0.379. The summed E-state index contributed by atoms with van der Waals surface area (Å²) < 4.78 is 7.94. The number of carbonyl (C=O) groups is 2. The van der Waals surface area contributed by atoms with E-state index in [0.29, 0.717) is 30.4 Å². The minimum absolute atomic E-state index is 0.0569. The van der Waals surface area contributed by atoms with Gasteiger partial charge in [-0.3, -0.25) is 9.59 Å². The van der Waals surface area contributed by atoms with Crippen molar-refractivity contribution in [1.29, 1.82) is 0 Å². The fourth-order valence-corrected chi connectivity index (χ4v) is 4.31. The minimum Gasteiger partial charge on any atom is -0.494 e. The van der Waals surface area contributed by atoms with E-state index >= 15 is 0 Å². The number of aromatic nitrogens is 1. The third-order valence-electron chi connectivity index (χ3n) is 6.10. The second-order valence-corrected chi connectivity index (χ2v) is 8.79. The highest BCUT2D eigenvalue weighted by Crippen LogP contribution is 2.29. The second kappa shape index (κ2) is 12.2. The Morgan fingerprint density at radius 3 is 2.32 bits per heavy atom. The third-order valence-corrected chi connectivity index (χ3v) is 6.10. The number of nitrogens with zero attached hydrogens (tertiary/aromatic N) is 1. The highest BCUT2D eigenvalue weighted by molar-refractivity contribution is 6.08. The molecular formula is C29H35NO4. The number of fused-ring (bicyclic) bond motifs is 1. The highest BCUT2D eigenvalue weighted by atomic mass is 16.5. The number of rotatable bonds is 13. The lowest BCUT2D eigenvalue weighted by Gasteiger charge is -2.19. The van der Waals surface area contributed by atoms with Crippen LogP contribution in [0.15, 0.2) is 60.8 Å². The molecule has 1 aromatic heterocycles. The molecule has 3 aromatic rings. The summed E-state index contributed by atoms with van der Waals surface area (Å²) in [6, 6.07) is 16.1. The summed E-state index contributed by atoms with van der Waals surface area (Å²) in [4.78, 5) is 23.4. The molecule has 0 amide bonds. The van der Waals surface area contributed by atoms with Crippen LogP contribution in [0.5, 0.6) is 5.75 Å². The van der Waals surface area contributed by atoms with Gasteiger partial charge in [-0.2, -0.15) is 0 Å². The first-order valence-electron chi connectivity index (χ1n) is 12.2. The molecule has 5 heteroatoms. The third kappa shape index (κ3) is 6.60. The second-order valence-electron chi connectivity index (χ2n) is 8.79. The van der Waals surface area contributed by atoms with Gasteiger partial charge >= 0.3 is 5.97 Å². The van der Waals surface area contributed by atoms with Gasteiger partial charge in [0.15, 0.2) is 5.78 Å². The highest BCUT2D eigenvalue weighted by Gasteiger charge is 2.13. The number of benzene rings is 2. The van der Waals surface area contributed by atoms with Crippen LogP contribution in [0.3, 0.4) is 0 Å². The maximum Gasteiger partial charge on any atom is 0.303 e. The Labute approximate surface area is 202 Å². The Hall–Kier alpha value is -3.34. The van der Waals surface area contributed by atoms with Crippen LogP contribution in [0.1, 0.15) is 81.3 Å². The van der Waals surface area contributed by atoms with Gasteiger partial charge in [0, 0.05) is 35.1 Å². The van der Waals surface area contributed by atoms with Crippen LogP contribution in [0.25, 0.3) is 16.5 Å². The molecule has 0 aliphatic carbocycles. The fourth-order valence-electron chi connectivity index (χ4n) is 4.31. The molecule has 0 atom stereocenters. The number of ether oxygens (including phenoxy) is 1. The maximum absolute atomic E-state index is 12.8. The molecule has 1 N–H and O–H groups in total. The first kappa shape index (κ1) is 25.3. The van der Waals surface area contributed by atoms with Crippen molar-refractivity contribution in [2.24, 2.45) is 0 Å². The zero-order valence-corrected chi connectivity index (χ0v) is 20.4. The van der Waals surface area contributed by atoms with Gasteiger partial charge in [0.05, 0.1) is 6.61 Å². The van der Waals surface area contributed by atoms with Crippen molar-refractivity contribution in [2.45, 2.75) is 65.3 Å². The lowest BCUT2D eigenvalue weighted by atomic mass is 10.0. The molecule has 0 spiro atoms. The van der Waals surface area contributed by atoms with Gasteiger partial charge in [-0.05, 0) is 85.9 Å². The van der Waals surface area contributed by atoms with Crippen molar-refractivity contribution in [3.8, 4) is 5.75 Å². The van der Waals surface area contributed by atoms with Gasteiger partial charge in [0.1, 0.15) is 5.75 Å². The molecule has 1 heterocycles. The Morgan fingerprint density at radius 2 is 1.68 bits per heavy atom. The molecule has 0 saturated carbocycles. The van der Waals surface area contributed by atoms with Gasteiger partial charge in [-0.1, -0.05) is 32.8 Å². The predicted octanol–water partition coefficient (Wildman–Crippen LogP) is 7.31. The number of allylic oxidation sites excluding steroid dienone is 2. The van der Waals surface area contributed by atoms with Crippen LogP contribution in [0.2, 0.25) is 0 Å². The van der Waals surface area contributed by atoms with Crippen molar-refractivity contribution < 1.29 is 19.4 Å². The topological polar surface area (TPSA) is 68.5 Å². The van der Waals surface area contributed by atoms with Gasteiger partial charge in [-0.15, -0.1) is 0 Å². The van der Waals surface area contributed by atoms with Crippen LogP contribution in [0, 0.1) is 0 Å². The Morgan fingerprint density at radius 1 is 1.00 bits per heavy atom. The zero-order chi connectivity index (χ0) is 24.5. The number of hydrogen-bond donors (Lipinski definition) is 1. The first-order chi connectivity index (χ1) is 16.4. The number of ketones is 1. The largest absolute Gasteiger partial charge is 0.494 e. The lowest BCUT2D eigenvalue weighted by molar-refractivity contribution is -0.137. The Kier molecular flexibility index (Phi) is 9.08. The van der Waals surface area contributed by atoms with Crippen molar-refractivity contribution in [1.82, 2.24) is 4.57 Å². The average molecular weight is 462 g/mol. The molecule has 0 aliphatic heterocycles. The van der Waals surface area contributed by atoms with Gasteiger partial charge < -0.3 is 14.4 Å². The minimum atomic E-state index is -0.833. The summed E-state index contributed by atoms with van der Waals surface area (Å²) in [5.41, 5.74) is 3.80. The molecule has 34 heavy (non-hydrogen) atoms. The van der Waals surface area contributed by atoms with Gasteiger partial charge in [-0.25, -0.2) is 0 Å². The van der Waals surface area contributed by atoms with E-state index in [1.54, 1.807) is 30.3 Å². The van der Waals surface area contributed by atoms with E-state index in [0.717, 1.165) is 11.1 Å². The molecule has 2 aromatic carbocycles. The predicted molar refractivity (Wildman–Crippen MR) is 138 cm³/mol. The standard InChI is InChI=1S/C29H35NO4/c1-4-7-25(8-5-2)30-17-16-24-20-23(12-15-27(24)30)21(3)19-28(31)22-10-13-26(14-11-22)34-18-6-9-29(32)33/h10-17,19-20,25H,4-9,18H2,1-3H3,(H,32,33)/b21-19+. The zero-order valence-electron chi connectivity index (χ0n) is 20.4. The van der Waals surface area contributed by atoms with E-state index in [4.69, 9.17) is 9.84 Å². The number of carbonyl (C=O) groups excluding carboxylic acids is 1. The number of aliphatic carboxylic acids is 1. The summed E-state index contributed by atoms with van der Waals surface area (Å²) >= 11 is 0. The van der Waals surface area contributed by atoms with Crippen LogP contribution in [-0.2, 0) is 4.79 Å². The van der Waals surface area contributed by atoms with Crippen molar-refractivity contribution in [2.75, 3.05) is 6.61 Å². The monoisotopic (exact) mass is 461 g/mol. The van der Waals surface area contributed by atoms with Crippen LogP contribution in [0.4, 0.5) is 0 Å². The summed E-state index contributed by atoms with van der Waals surface area (Å²) in [6.07, 6.45) is 9.10. The van der Waals surface area contributed by atoms with Gasteiger partial charge in [0.25, 0.3) is 0 Å². The summed E-state index contributed by atoms with van der Waals surface area (Å²) in [7, 11) is 0. The molecule has 3 rings (SSSR count). The molecule has 0 fully saturated rings. The lowest BCUT2D eigenvalue weighted by Crippen LogP contribution is -2.07. The van der Waals surface area contributed by atoms with Crippen molar-refractivity contribution in [3.63, 3.8) is 0 Å². The van der Waals surface area contributed by atoms with E-state index < -0.39 is 5.97 Å². The summed E-state index contributed by atoms with van der Waals surface area (Å²) in [5.74, 6) is -0.263. The molecule has 0 saturated heterocycles. The average Bonchev–Trinajstić information content (AvgIpc) is 3.25. The van der Waals surface area contributed by atoms with E-state index in [-0.39, 0.29) is 12.2 Å². The molecular weight excluding hydrogens is 426 g/mol.